The average molecular weight is 415 g/mol. The highest BCUT2D eigenvalue weighted by atomic mass is 35.5. The Morgan fingerprint density at radius 3 is 2.64 bits per heavy atom. The summed E-state index contributed by atoms with van der Waals surface area (Å²) in [6, 6.07) is 7.79. The monoisotopic (exact) mass is 414 g/mol. The fraction of sp³-hybridized carbons (Fsp3) is 0.455. The molecule has 1 N–H and O–H groups in total. The summed E-state index contributed by atoms with van der Waals surface area (Å²) >= 11 is 7.89. The summed E-state index contributed by atoms with van der Waals surface area (Å²) < 4.78 is 0. The third-order valence-corrected chi connectivity index (χ3v) is 6.94. The van der Waals surface area contributed by atoms with E-state index in [0.717, 1.165) is 66.1 Å². The lowest BCUT2D eigenvalue weighted by Crippen LogP contribution is -2.25. The molecule has 1 aromatic carbocycles. The summed E-state index contributed by atoms with van der Waals surface area (Å²) in [6.45, 7) is 8.68. The van der Waals surface area contributed by atoms with E-state index in [-0.39, 0.29) is 0 Å². The molecular weight excluding hydrogens is 388 g/mol. The van der Waals surface area contributed by atoms with Gasteiger partial charge in [-0.25, -0.2) is 9.97 Å². The normalized spacial score (nSPS) is 13.4. The molecule has 1 aliphatic carbocycles. The zero-order valence-electron chi connectivity index (χ0n) is 16.6. The molecule has 0 bridgehead atoms. The van der Waals surface area contributed by atoms with Crippen molar-refractivity contribution in [2.45, 2.75) is 39.5 Å². The number of rotatable bonds is 8. The highest BCUT2D eigenvalue weighted by molar-refractivity contribution is 7.19. The van der Waals surface area contributed by atoms with Gasteiger partial charge in [-0.1, -0.05) is 25.4 Å². The number of thiophene rings is 1. The van der Waals surface area contributed by atoms with E-state index >= 15 is 0 Å². The Balaban J connectivity index is 1.63. The molecule has 0 aliphatic heterocycles. The predicted octanol–water partition coefficient (Wildman–Crippen LogP) is 5.64. The van der Waals surface area contributed by atoms with Gasteiger partial charge in [-0.15, -0.1) is 11.3 Å². The molecule has 1 aliphatic rings. The van der Waals surface area contributed by atoms with E-state index < -0.39 is 0 Å². The van der Waals surface area contributed by atoms with Crippen molar-refractivity contribution in [2.24, 2.45) is 0 Å². The lowest BCUT2D eigenvalue weighted by atomic mass is 10.1. The standard InChI is InChI=1S/C22H27ClN4S/c1-3-27(4-2)14-6-13-24-21-19-17-7-5-8-18(17)28-22(19)26-20(25-21)15-9-11-16(23)12-10-15/h9-12H,3-8,13-14H2,1-2H3,(H,24,25,26). The van der Waals surface area contributed by atoms with Crippen molar-refractivity contribution in [2.75, 3.05) is 31.5 Å². The molecule has 4 nitrogen and oxygen atoms in total. The van der Waals surface area contributed by atoms with Crippen molar-refractivity contribution < 1.29 is 0 Å². The lowest BCUT2D eigenvalue weighted by Gasteiger charge is -2.18. The average Bonchev–Trinajstić information content (AvgIpc) is 3.29. The number of halogens is 1. The first-order valence-corrected chi connectivity index (χ1v) is 11.4. The van der Waals surface area contributed by atoms with Crippen molar-refractivity contribution in [3.63, 3.8) is 0 Å². The second-order valence-corrected chi connectivity index (χ2v) is 8.77. The van der Waals surface area contributed by atoms with E-state index in [0.29, 0.717) is 0 Å². The van der Waals surface area contributed by atoms with Gasteiger partial charge >= 0.3 is 0 Å². The van der Waals surface area contributed by atoms with E-state index in [2.05, 4.69) is 24.1 Å². The Kier molecular flexibility index (Phi) is 6.14. The summed E-state index contributed by atoms with van der Waals surface area (Å²) in [6.07, 6.45) is 4.67. The number of nitrogens with zero attached hydrogens (tertiary/aromatic N) is 3. The van der Waals surface area contributed by atoms with Crippen LogP contribution in [0.3, 0.4) is 0 Å². The summed E-state index contributed by atoms with van der Waals surface area (Å²) in [5, 5.41) is 5.61. The second-order valence-electron chi connectivity index (χ2n) is 7.25. The van der Waals surface area contributed by atoms with Crippen molar-refractivity contribution in [3.8, 4) is 11.4 Å². The maximum Gasteiger partial charge on any atom is 0.163 e. The first kappa shape index (κ1) is 19.6. The highest BCUT2D eigenvalue weighted by Crippen LogP contribution is 2.40. The van der Waals surface area contributed by atoms with Crippen LogP contribution in [-0.2, 0) is 12.8 Å². The van der Waals surface area contributed by atoms with Gasteiger partial charge in [0.2, 0.25) is 0 Å². The van der Waals surface area contributed by atoms with Crippen LogP contribution < -0.4 is 5.32 Å². The predicted molar refractivity (Wildman–Crippen MR) is 121 cm³/mol. The zero-order valence-corrected chi connectivity index (χ0v) is 18.2. The molecule has 4 rings (SSSR count). The van der Waals surface area contributed by atoms with Gasteiger partial charge in [0.05, 0.1) is 5.39 Å². The smallest absolute Gasteiger partial charge is 0.163 e. The maximum atomic E-state index is 6.05. The van der Waals surface area contributed by atoms with Gasteiger partial charge < -0.3 is 10.2 Å². The molecule has 0 spiro atoms. The molecule has 2 heterocycles. The summed E-state index contributed by atoms with van der Waals surface area (Å²) in [5.41, 5.74) is 2.47. The molecule has 148 valence electrons. The minimum atomic E-state index is 0.731. The number of benzene rings is 1. The molecule has 6 heteroatoms. The first-order chi connectivity index (χ1) is 13.7. The van der Waals surface area contributed by atoms with Crippen LogP contribution in [0.1, 0.15) is 37.1 Å². The van der Waals surface area contributed by atoms with Crippen LogP contribution in [0.5, 0.6) is 0 Å². The third-order valence-electron chi connectivity index (χ3n) is 5.51. The van der Waals surface area contributed by atoms with E-state index in [9.17, 15) is 0 Å². The van der Waals surface area contributed by atoms with Gasteiger partial charge in [-0.05, 0) is 75.1 Å². The number of hydrogen-bond acceptors (Lipinski definition) is 5. The Hall–Kier alpha value is -1.69. The molecule has 0 saturated carbocycles. The molecule has 2 aromatic heterocycles. The van der Waals surface area contributed by atoms with Gasteiger partial charge in [0.25, 0.3) is 0 Å². The van der Waals surface area contributed by atoms with Crippen LogP contribution in [0.4, 0.5) is 5.82 Å². The van der Waals surface area contributed by atoms with Crippen LogP contribution in [0.25, 0.3) is 21.6 Å². The van der Waals surface area contributed by atoms with Gasteiger partial charge in [-0.2, -0.15) is 0 Å². The lowest BCUT2D eigenvalue weighted by molar-refractivity contribution is 0.303. The minimum Gasteiger partial charge on any atom is -0.369 e. The molecule has 0 saturated heterocycles. The van der Waals surface area contributed by atoms with Crippen LogP contribution in [0, 0.1) is 0 Å². The molecule has 0 fully saturated rings. The van der Waals surface area contributed by atoms with E-state index in [1.54, 1.807) is 0 Å². The summed E-state index contributed by atoms with van der Waals surface area (Å²) in [5.74, 6) is 1.77. The first-order valence-electron chi connectivity index (χ1n) is 10.2. The van der Waals surface area contributed by atoms with Crippen LogP contribution in [0.15, 0.2) is 24.3 Å². The zero-order chi connectivity index (χ0) is 19.5. The SMILES string of the molecule is CCN(CC)CCCNc1nc(-c2ccc(Cl)cc2)nc2sc3c(c12)CCC3. The fourth-order valence-corrected chi connectivity index (χ4v) is 5.29. The summed E-state index contributed by atoms with van der Waals surface area (Å²) in [7, 11) is 0. The van der Waals surface area contributed by atoms with E-state index in [4.69, 9.17) is 21.6 Å². The number of aromatic nitrogens is 2. The van der Waals surface area contributed by atoms with E-state index in [1.165, 1.54) is 28.7 Å². The molecule has 3 aromatic rings. The van der Waals surface area contributed by atoms with Crippen molar-refractivity contribution >= 4 is 39.0 Å². The molecule has 0 radical (unpaired) electrons. The Morgan fingerprint density at radius 1 is 1.11 bits per heavy atom. The van der Waals surface area contributed by atoms with Crippen LogP contribution in [-0.4, -0.2) is 41.0 Å². The summed E-state index contributed by atoms with van der Waals surface area (Å²) in [4.78, 5) is 14.9. The molecule has 0 unspecified atom stereocenters. The molecule has 0 atom stereocenters. The molecular formula is C22H27ClN4S. The largest absolute Gasteiger partial charge is 0.369 e. The highest BCUT2D eigenvalue weighted by Gasteiger charge is 2.22. The van der Waals surface area contributed by atoms with Crippen molar-refractivity contribution in [1.29, 1.82) is 0 Å². The van der Waals surface area contributed by atoms with Gasteiger partial charge in [0.1, 0.15) is 10.6 Å². The third kappa shape index (κ3) is 4.02. The maximum absolute atomic E-state index is 6.05. The van der Waals surface area contributed by atoms with Gasteiger partial charge in [-0.3, -0.25) is 0 Å². The number of nitrogens with one attached hydrogen (secondary N) is 1. The minimum absolute atomic E-state index is 0.731. The molecule has 28 heavy (non-hydrogen) atoms. The quantitative estimate of drug-likeness (QED) is 0.484. The molecule has 0 amide bonds. The topological polar surface area (TPSA) is 41.0 Å². The fourth-order valence-electron chi connectivity index (χ4n) is 3.90. The second kappa shape index (κ2) is 8.76. The van der Waals surface area contributed by atoms with Crippen LogP contribution in [0.2, 0.25) is 5.02 Å². The van der Waals surface area contributed by atoms with Gasteiger partial charge in [0.15, 0.2) is 5.82 Å². The number of hydrogen-bond donors (Lipinski definition) is 1. The number of fused-ring (bicyclic) bond motifs is 3. The number of anilines is 1. The Labute approximate surface area is 176 Å². The Bertz CT molecular complexity index is 947. The van der Waals surface area contributed by atoms with Gasteiger partial charge in [0, 0.05) is 22.0 Å². The van der Waals surface area contributed by atoms with Crippen molar-refractivity contribution in [3.05, 3.63) is 39.7 Å². The van der Waals surface area contributed by atoms with Crippen molar-refractivity contribution in [1.82, 2.24) is 14.9 Å². The van der Waals surface area contributed by atoms with E-state index in [1.807, 2.05) is 35.6 Å². The Morgan fingerprint density at radius 2 is 1.89 bits per heavy atom. The number of aryl methyl sites for hydroxylation is 2. The van der Waals surface area contributed by atoms with Crippen LogP contribution >= 0.6 is 22.9 Å².